The van der Waals surface area contributed by atoms with Crippen molar-refractivity contribution in [2.24, 2.45) is 0 Å². The van der Waals surface area contributed by atoms with Crippen LogP contribution in [-0.2, 0) is 0 Å². The monoisotopic (exact) mass is 265 g/mol. The van der Waals surface area contributed by atoms with Gasteiger partial charge in [-0.3, -0.25) is 0 Å². The highest BCUT2D eigenvalue weighted by atomic mass is 35.5. The fourth-order valence-electron chi connectivity index (χ4n) is 1.37. The number of halogens is 2. The van der Waals surface area contributed by atoms with E-state index in [2.05, 4.69) is 0 Å². The summed E-state index contributed by atoms with van der Waals surface area (Å²) in [5.74, 6) is 0. The summed E-state index contributed by atoms with van der Waals surface area (Å²) in [6, 6.07) is 13.8. The summed E-state index contributed by atoms with van der Waals surface area (Å²) in [5, 5.41) is 13.0. The molecule has 0 amide bonds. The predicted octanol–water partition coefficient (Wildman–Crippen LogP) is 4.25. The molecule has 0 aromatic heterocycles. The molecule has 0 bridgehead atoms. The van der Waals surface area contributed by atoms with E-state index in [1.807, 2.05) is 0 Å². The fourth-order valence-corrected chi connectivity index (χ4v) is 1.68. The van der Waals surface area contributed by atoms with E-state index in [-0.39, 0.29) is 0 Å². The molecule has 0 spiro atoms. The lowest BCUT2D eigenvalue weighted by atomic mass is 10.2. The van der Waals surface area contributed by atoms with Crippen molar-refractivity contribution >= 4 is 35.1 Å². The molecule has 4 heteroatoms. The first-order chi connectivity index (χ1) is 8.15. The fraction of sp³-hybridized carbons (Fsp3) is 0. The van der Waals surface area contributed by atoms with Crippen molar-refractivity contribution in [2.45, 2.75) is 0 Å². The van der Waals surface area contributed by atoms with E-state index in [0.717, 1.165) is 10.3 Å². The molecule has 0 atom stereocenters. The SMILES string of the molecule is [O-]/[N+](=C/c1ccc(Cl)cc1)c1cccc(Cl)c1. The second-order valence-corrected chi connectivity index (χ2v) is 4.36. The van der Waals surface area contributed by atoms with Gasteiger partial charge in [0.25, 0.3) is 0 Å². The number of hydrogen-bond donors (Lipinski definition) is 0. The normalized spacial score (nSPS) is 11.5. The Bertz CT molecular complexity index is 550. The minimum absolute atomic E-state index is 0.493. The van der Waals surface area contributed by atoms with Crippen molar-refractivity contribution in [1.29, 1.82) is 0 Å². The summed E-state index contributed by atoms with van der Waals surface area (Å²) < 4.78 is 0.773. The van der Waals surface area contributed by atoms with Crippen LogP contribution < -0.4 is 0 Å². The summed E-state index contributed by atoms with van der Waals surface area (Å²) in [6.45, 7) is 0. The van der Waals surface area contributed by atoms with Crippen molar-refractivity contribution in [3.63, 3.8) is 0 Å². The van der Waals surface area contributed by atoms with Gasteiger partial charge in [0.15, 0.2) is 6.21 Å². The van der Waals surface area contributed by atoms with E-state index in [1.54, 1.807) is 48.5 Å². The van der Waals surface area contributed by atoms with Gasteiger partial charge in [0.1, 0.15) is 0 Å². The van der Waals surface area contributed by atoms with Crippen molar-refractivity contribution < 1.29 is 4.74 Å². The molecule has 2 aromatic carbocycles. The Morgan fingerprint density at radius 3 is 2.29 bits per heavy atom. The van der Waals surface area contributed by atoms with Gasteiger partial charge in [0, 0.05) is 27.7 Å². The van der Waals surface area contributed by atoms with E-state index in [9.17, 15) is 5.21 Å². The first-order valence-electron chi connectivity index (χ1n) is 4.97. The van der Waals surface area contributed by atoms with Crippen molar-refractivity contribution in [2.75, 3.05) is 0 Å². The van der Waals surface area contributed by atoms with E-state index < -0.39 is 0 Å². The van der Waals surface area contributed by atoms with Crippen LogP contribution in [0.3, 0.4) is 0 Å². The van der Waals surface area contributed by atoms with Crippen LogP contribution in [0, 0.1) is 5.21 Å². The zero-order valence-corrected chi connectivity index (χ0v) is 10.3. The Labute approximate surface area is 109 Å². The topological polar surface area (TPSA) is 26.1 Å². The Hall–Kier alpha value is -1.51. The largest absolute Gasteiger partial charge is 0.618 e. The van der Waals surface area contributed by atoms with Crippen molar-refractivity contribution in [3.05, 3.63) is 69.3 Å². The molecule has 2 aromatic rings. The maximum atomic E-state index is 11.8. The molecule has 2 nitrogen and oxygen atoms in total. The van der Waals surface area contributed by atoms with Crippen LogP contribution in [0.15, 0.2) is 48.5 Å². The number of benzene rings is 2. The number of rotatable bonds is 2. The summed E-state index contributed by atoms with van der Waals surface area (Å²) >= 11 is 11.6. The third-order valence-corrected chi connectivity index (χ3v) is 2.69. The Morgan fingerprint density at radius 1 is 0.941 bits per heavy atom. The lowest BCUT2D eigenvalue weighted by Crippen LogP contribution is -1.98. The maximum absolute atomic E-state index is 11.8. The number of hydrogen-bond acceptors (Lipinski definition) is 1. The molecular weight excluding hydrogens is 257 g/mol. The van der Waals surface area contributed by atoms with Crippen molar-refractivity contribution in [3.8, 4) is 0 Å². The van der Waals surface area contributed by atoms with Gasteiger partial charge in [-0.05, 0) is 30.3 Å². The molecule has 0 saturated carbocycles. The summed E-state index contributed by atoms with van der Waals surface area (Å²) in [4.78, 5) is 0. The predicted molar refractivity (Wildman–Crippen MR) is 71.4 cm³/mol. The smallest absolute Gasteiger partial charge is 0.217 e. The lowest BCUT2D eigenvalue weighted by Gasteiger charge is -2.03. The van der Waals surface area contributed by atoms with E-state index in [1.165, 1.54) is 6.21 Å². The van der Waals surface area contributed by atoms with Crippen LogP contribution in [0.4, 0.5) is 5.69 Å². The maximum Gasteiger partial charge on any atom is 0.217 e. The minimum atomic E-state index is 0.493. The molecule has 0 fully saturated rings. The van der Waals surface area contributed by atoms with Gasteiger partial charge in [-0.1, -0.05) is 29.3 Å². The summed E-state index contributed by atoms with van der Waals surface area (Å²) in [5.41, 5.74) is 1.27. The summed E-state index contributed by atoms with van der Waals surface area (Å²) in [6.07, 6.45) is 1.47. The number of nitrogens with zero attached hydrogens (tertiary/aromatic N) is 1. The van der Waals surface area contributed by atoms with Crippen LogP contribution in [-0.4, -0.2) is 11.0 Å². The van der Waals surface area contributed by atoms with Crippen LogP contribution in [0.5, 0.6) is 0 Å². The zero-order chi connectivity index (χ0) is 12.3. The van der Waals surface area contributed by atoms with Gasteiger partial charge < -0.3 is 5.21 Å². The van der Waals surface area contributed by atoms with Gasteiger partial charge in [0.2, 0.25) is 5.69 Å². The molecule has 0 radical (unpaired) electrons. The van der Waals surface area contributed by atoms with Gasteiger partial charge >= 0.3 is 0 Å². The van der Waals surface area contributed by atoms with Crippen LogP contribution >= 0.6 is 23.2 Å². The lowest BCUT2D eigenvalue weighted by molar-refractivity contribution is -0.354. The molecule has 2 rings (SSSR count). The Balaban J connectivity index is 2.30. The average molecular weight is 266 g/mol. The van der Waals surface area contributed by atoms with Gasteiger partial charge in [-0.15, -0.1) is 0 Å². The quantitative estimate of drug-likeness (QED) is 0.345. The van der Waals surface area contributed by atoms with Gasteiger partial charge in [-0.25, -0.2) is 0 Å². The molecule has 0 unspecified atom stereocenters. The van der Waals surface area contributed by atoms with E-state index >= 15 is 0 Å². The molecule has 0 aliphatic heterocycles. The minimum Gasteiger partial charge on any atom is -0.618 e. The first-order valence-corrected chi connectivity index (χ1v) is 5.73. The second-order valence-electron chi connectivity index (χ2n) is 3.49. The highest BCUT2D eigenvalue weighted by molar-refractivity contribution is 6.31. The first kappa shape index (κ1) is 12.0. The molecule has 0 aliphatic carbocycles. The van der Waals surface area contributed by atoms with E-state index in [4.69, 9.17) is 23.2 Å². The van der Waals surface area contributed by atoms with Crippen LogP contribution in [0.1, 0.15) is 5.56 Å². The Kier molecular flexibility index (Phi) is 3.67. The highest BCUT2D eigenvalue weighted by Crippen LogP contribution is 2.17. The third kappa shape index (κ3) is 3.22. The van der Waals surface area contributed by atoms with Crippen LogP contribution in [0.2, 0.25) is 10.0 Å². The zero-order valence-electron chi connectivity index (χ0n) is 8.81. The Morgan fingerprint density at radius 2 is 1.65 bits per heavy atom. The highest BCUT2D eigenvalue weighted by Gasteiger charge is 2.02. The van der Waals surface area contributed by atoms with Gasteiger partial charge in [-0.2, -0.15) is 4.74 Å². The molecular formula is C13H9Cl2NO. The standard InChI is InChI=1S/C13H9Cl2NO/c14-11-6-4-10(5-7-11)9-16(17)13-3-1-2-12(15)8-13/h1-9H/b16-9+. The summed E-state index contributed by atoms with van der Waals surface area (Å²) in [7, 11) is 0. The van der Waals surface area contributed by atoms with Crippen LogP contribution in [0.25, 0.3) is 0 Å². The molecule has 17 heavy (non-hydrogen) atoms. The average Bonchev–Trinajstić information content (AvgIpc) is 2.32. The van der Waals surface area contributed by atoms with Crippen molar-refractivity contribution in [1.82, 2.24) is 0 Å². The third-order valence-electron chi connectivity index (χ3n) is 2.20. The molecule has 0 heterocycles. The molecule has 0 saturated heterocycles. The van der Waals surface area contributed by atoms with E-state index in [0.29, 0.717) is 15.7 Å². The molecule has 0 N–H and O–H groups in total. The second kappa shape index (κ2) is 5.21. The molecule has 0 aliphatic rings. The van der Waals surface area contributed by atoms with Gasteiger partial charge in [0.05, 0.1) is 0 Å². The molecule has 86 valence electrons.